The highest BCUT2D eigenvalue weighted by Gasteiger charge is 2.38. The fraction of sp³-hybridized carbons (Fsp3) is 1.00. The molecule has 1 heterocycles. The molecule has 86 valence electrons. The molecule has 3 heteroatoms. The Morgan fingerprint density at radius 3 is 2.14 bits per heavy atom. The van der Waals surface area contributed by atoms with E-state index in [0.29, 0.717) is 18.4 Å². The van der Waals surface area contributed by atoms with Crippen molar-refractivity contribution in [1.82, 2.24) is 4.90 Å². The smallest absolute Gasteiger partial charge is 0.260 e. The molecule has 1 atom stereocenters. The third kappa shape index (κ3) is 3.91. The van der Waals surface area contributed by atoms with Gasteiger partial charge >= 0.3 is 0 Å². The summed E-state index contributed by atoms with van der Waals surface area (Å²) < 4.78 is 25.7. The van der Waals surface area contributed by atoms with Crippen LogP contribution in [-0.4, -0.2) is 30.5 Å². The molecule has 0 spiro atoms. The molecule has 0 aromatic heterocycles. The van der Waals surface area contributed by atoms with Gasteiger partial charge in [0.15, 0.2) is 0 Å². The van der Waals surface area contributed by atoms with Gasteiger partial charge in [0.2, 0.25) is 0 Å². The van der Waals surface area contributed by atoms with Crippen LogP contribution in [0.15, 0.2) is 0 Å². The van der Waals surface area contributed by atoms with Gasteiger partial charge in [0.1, 0.15) is 0 Å². The molecule has 0 radical (unpaired) electrons. The molecule has 1 aliphatic heterocycles. The first-order chi connectivity index (χ1) is 6.42. The van der Waals surface area contributed by atoms with Crippen LogP contribution in [0.1, 0.15) is 40.5 Å². The van der Waals surface area contributed by atoms with Crippen LogP contribution in [0.2, 0.25) is 0 Å². The maximum absolute atomic E-state index is 12.8. The molecule has 1 unspecified atom stereocenters. The standard InChI is InChI=1S/C9H17F2N.C2H6/c1-7(2)8-4-5-9(10,11)6-12(8)3;1-2/h7-8H,4-6H2,1-3H3;1-2H3. The van der Waals surface area contributed by atoms with Crippen molar-refractivity contribution < 1.29 is 8.78 Å². The molecule has 0 aliphatic carbocycles. The van der Waals surface area contributed by atoms with E-state index in [1.165, 1.54) is 0 Å². The Balaban J connectivity index is 0.000000791. The molecule has 1 rings (SSSR count). The average molecular weight is 207 g/mol. The predicted molar refractivity (Wildman–Crippen MR) is 56.8 cm³/mol. The largest absolute Gasteiger partial charge is 0.297 e. The van der Waals surface area contributed by atoms with Crippen molar-refractivity contribution in [2.75, 3.05) is 13.6 Å². The molecule has 1 aliphatic rings. The maximum atomic E-state index is 12.8. The van der Waals surface area contributed by atoms with Gasteiger partial charge in [-0.05, 0) is 19.4 Å². The molecular weight excluding hydrogens is 184 g/mol. The Morgan fingerprint density at radius 2 is 1.79 bits per heavy atom. The first-order valence-corrected chi connectivity index (χ1v) is 5.50. The number of halogens is 2. The Labute approximate surface area is 86.5 Å². The number of hydrogen-bond acceptors (Lipinski definition) is 1. The summed E-state index contributed by atoms with van der Waals surface area (Å²) >= 11 is 0. The van der Waals surface area contributed by atoms with E-state index in [1.54, 1.807) is 11.9 Å². The maximum Gasteiger partial charge on any atom is 0.260 e. The molecule has 0 aromatic rings. The molecule has 0 aromatic carbocycles. The zero-order valence-corrected chi connectivity index (χ0v) is 9.98. The van der Waals surface area contributed by atoms with Gasteiger partial charge in [0.25, 0.3) is 5.92 Å². The van der Waals surface area contributed by atoms with E-state index < -0.39 is 5.92 Å². The second kappa shape index (κ2) is 5.64. The van der Waals surface area contributed by atoms with Crippen molar-refractivity contribution in [2.24, 2.45) is 5.92 Å². The fourth-order valence-corrected chi connectivity index (χ4v) is 1.98. The lowest BCUT2D eigenvalue weighted by atomic mass is 9.92. The summed E-state index contributed by atoms with van der Waals surface area (Å²) in [5.74, 6) is -1.98. The fourth-order valence-electron chi connectivity index (χ4n) is 1.98. The van der Waals surface area contributed by atoms with Crippen molar-refractivity contribution in [3.63, 3.8) is 0 Å². The lowest BCUT2D eigenvalue weighted by Crippen LogP contribution is -2.48. The highest BCUT2D eigenvalue weighted by atomic mass is 19.3. The summed E-state index contributed by atoms with van der Waals surface area (Å²) in [4.78, 5) is 1.79. The van der Waals surface area contributed by atoms with Gasteiger partial charge in [-0.3, -0.25) is 4.90 Å². The molecule has 0 bridgehead atoms. The van der Waals surface area contributed by atoms with Crippen molar-refractivity contribution in [2.45, 2.75) is 52.5 Å². The predicted octanol–water partition coefficient (Wildman–Crippen LogP) is 3.40. The van der Waals surface area contributed by atoms with Gasteiger partial charge in [-0.1, -0.05) is 27.7 Å². The van der Waals surface area contributed by atoms with Gasteiger partial charge in [0.05, 0.1) is 6.54 Å². The van der Waals surface area contributed by atoms with Crippen LogP contribution in [0, 0.1) is 5.92 Å². The minimum atomic E-state index is -2.46. The van der Waals surface area contributed by atoms with Crippen LogP contribution in [0.5, 0.6) is 0 Å². The van der Waals surface area contributed by atoms with Crippen LogP contribution in [0.25, 0.3) is 0 Å². The minimum Gasteiger partial charge on any atom is -0.297 e. The average Bonchev–Trinajstić information content (AvgIpc) is 2.05. The zero-order chi connectivity index (χ0) is 11.4. The van der Waals surface area contributed by atoms with E-state index in [0.717, 1.165) is 0 Å². The highest BCUT2D eigenvalue weighted by Crippen LogP contribution is 2.31. The van der Waals surface area contributed by atoms with Crippen LogP contribution in [-0.2, 0) is 0 Å². The first kappa shape index (κ1) is 13.8. The monoisotopic (exact) mass is 207 g/mol. The van der Waals surface area contributed by atoms with E-state index in [1.807, 2.05) is 13.8 Å². The lowest BCUT2D eigenvalue weighted by molar-refractivity contribution is -0.0813. The highest BCUT2D eigenvalue weighted by molar-refractivity contribution is 4.85. The number of likely N-dealkylation sites (tertiary alicyclic amines) is 1. The zero-order valence-electron chi connectivity index (χ0n) is 9.98. The number of alkyl halides is 2. The number of rotatable bonds is 1. The molecule has 14 heavy (non-hydrogen) atoms. The van der Waals surface area contributed by atoms with Crippen molar-refractivity contribution in [3.8, 4) is 0 Å². The summed E-state index contributed by atoms with van der Waals surface area (Å²) in [7, 11) is 1.79. The second-order valence-electron chi connectivity index (χ2n) is 4.12. The van der Waals surface area contributed by atoms with Crippen molar-refractivity contribution in [3.05, 3.63) is 0 Å². The van der Waals surface area contributed by atoms with Gasteiger partial charge in [-0.15, -0.1) is 0 Å². The molecule has 0 amide bonds. The van der Waals surface area contributed by atoms with E-state index in [4.69, 9.17) is 0 Å². The Hall–Kier alpha value is -0.180. The van der Waals surface area contributed by atoms with Gasteiger partial charge in [0, 0.05) is 12.5 Å². The van der Waals surface area contributed by atoms with Gasteiger partial charge < -0.3 is 0 Å². The summed E-state index contributed by atoms with van der Waals surface area (Å²) in [6.07, 6.45) is 0.682. The number of nitrogens with zero attached hydrogens (tertiary/aromatic N) is 1. The molecule has 0 N–H and O–H groups in total. The van der Waals surface area contributed by atoms with Gasteiger partial charge in [-0.2, -0.15) is 0 Å². The minimum absolute atomic E-state index is 0.0557. The Bertz CT molecular complexity index is 157. The molecular formula is C11H23F2N. The van der Waals surface area contributed by atoms with Crippen molar-refractivity contribution in [1.29, 1.82) is 0 Å². The second-order valence-corrected chi connectivity index (χ2v) is 4.12. The van der Waals surface area contributed by atoms with E-state index in [2.05, 4.69) is 13.8 Å². The topological polar surface area (TPSA) is 3.24 Å². The van der Waals surface area contributed by atoms with E-state index in [-0.39, 0.29) is 13.0 Å². The lowest BCUT2D eigenvalue weighted by Gasteiger charge is -2.39. The van der Waals surface area contributed by atoms with Crippen molar-refractivity contribution >= 4 is 0 Å². The van der Waals surface area contributed by atoms with E-state index in [9.17, 15) is 8.78 Å². The van der Waals surface area contributed by atoms with Crippen LogP contribution < -0.4 is 0 Å². The quantitative estimate of drug-likeness (QED) is 0.637. The Morgan fingerprint density at radius 1 is 1.29 bits per heavy atom. The first-order valence-electron chi connectivity index (χ1n) is 5.50. The van der Waals surface area contributed by atoms with Crippen LogP contribution in [0.3, 0.4) is 0 Å². The molecule has 1 fully saturated rings. The Kier molecular flexibility index (Phi) is 5.57. The summed E-state index contributed by atoms with van der Waals surface area (Å²) in [6.45, 7) is 8.10. The summed E-state index contributed by atoms with van der Waals surface area (Å²) in [6, 6.07) is 0.338. The third-order valence-electron chi connectivity index (χ3n) is 2.62. The van der Waals surface area contributed by atoms with E-state index >= 15 is 0 Å². The van der Waals surface area contributed by atoms with Crippen LogP contribution >= 0.6 is 0 Å². The molecule has 0 saturated carbocycles. The summed E-state index contributed by atoms with van der Waals surface area (Å²) in [5, 5.41) is 0. The normalized spacial score (nSPS) is 27.0. The van der Waals surface area contributed by atoms with Gasteiger partial charge in [-0.25, -0.2) is 8.78 Å². The SMILES string of the molecule is CC.CC(C)C1CCC(F)(F)CN1C. The summed E-state index contributed by atoms with van der Waals surface area (Å²) in [5.41, 5.74) is 0. The van der Waals surface area contributed by atoms with Crippen LogP contribution in [0.4, 0.5) is 8.78 Å². The number of hydrogen-bond donors (Lipinski definition) is 0. The molecule has 1 nitrogen and oxygen atoms in total. The third-order valence-corrected chi connectivity index (χ3v) is 2.62. The molecule has 1 saturated heterocycles. The number of piperidine rings is 1.